The highest BCUT2D eigenvalue weighted by Gasteiger charge is 2.25. The molecule has 3 N–H and O–H groups in total. The second-order valence-corrected chi connectivity index (χ2v) is 4.91. The summed E-state index contributed by atoms with van der Waals surface area (Å²) in [4.78, 5) is 12.2. The predicted octanol–water partition coefficient (Wildman–Crippen LogP) is 2.20. The van der Waals surface area contributed by atoms with Gasteiger partial charge in [-0.3, -0.25) is 4.79 Å². The Morgan fingerprint density at radius 3 is 2.78 bits per heavy atom. The molecule has 0 radical (unpaired) electrons. The van der Waals surface area contributed by atoms with E-state index in [-0.39, 0.29) is 11.9 Å². The third-order valence-corrected chi connectivity index (χ3v) is 3.69. The predicted molar refractivity (Wildman–Crippen MR) is 71.7 cm³/mol. The van der Waals surface area contributed by atoms with Crippen LogP contribution in [0.4, 0.5) is 5.69 Å². The Kier molecular flexibility index (Phi) is 3.75. The van der Waals surface area contributed by atoms with Gasteiger partial charge in [-0.15, -0.1) is 0 Å². The molecule has 1 aromatic rings. The van der Waals surface area contributed by atoms with Gasteiger partial charge in [-0.05, 0) is 37.8 Å². The number of rotatable bonds is 4. The first-order valence-electron chi connectivity index (χ1n) is 6.36. The summed E-state index contributed by atoms with van der Waals surface area (Å²) in [5.74, 6) is 1.05. The number of benzene rings is 1. The van der Waals surface area contributed by atoms with Gasteiger partial charge in [-0.1, -0.05) is 6.42 Å². The van der Waals surface area contributed by atoms with Crippen molar-refractivity contribution >= 4 is 11.6 Å². The minimum atomic E-state index is -0.0914. The van der Waals surface area contributed by atoms with Crippen LogP contribution in [0.5, 0.6) is 5.75 Å². The molecule has 0 heterocycles. The van der Waals surface area contributed by atoms with Crippen molar-refractivity contribution in [1.82, 2.24) is 5.32 Å². The van der Waals surface area contributed by atoms with Gasteiger partial charge in [0.2, 0.25) is 0 Å². The van der Waals surface area contributed by atoms with Crippen LogP contribution in [0, 0.1) is 5.92 Å². The van der Waals surface area contributed by atoms with Crippen molar-refractivity contribution in [2.24, 2.45) is 5.92 Å². The molecule has 98 valence electrons. The molecule has 4 nitrogen and oxygen atoms in total. The molecule has 2 rings (SSSR count). The van der Waals surface area contributed by atoms with Crippen LogP contribution in [0.3, 0.4) is 0 Å². The average Bonchev–Trinajstić information content (AvgIpc) is 2.25. The summed E-state index contributed by atoms with van der Waals surface area (Å²) < 4.78 is 5.19. The van der Waals surface area contributed by atoms with E-state index < -0.39 is 0 Å². The Balaban J connectivity index is 2.08. The fourth-order valence-corrected chi connectivity index (χ4v) is 2.24. The Hall–Kier alpha value is -1.71. The molecule has 0 aliphatic heterocycles. The maximum Gasteiger partial charge on any atom is 0.255 e. The van der Waals surface area contributed by atoms with Crippen molar-refractivity contribution in [1.29, 1.82) is 0 Å². The van der Waals surface area contributed by atoms with E-state index in [4.69, 9.17) is 10.5 Å². The quantitative estimate of drug-likeness (QED) is 0.803. The number of carbonyl (C=O) groups excluding carboxylic acids is 1. The molecule has 1 fully saturated rings. The zero-order chi connectivity index (χ0) is 13.1. The minimum absolute atomic E-state index is 0.0914. The Morgan fingerprint density at radius 1 is 1.50 bits per heavy atom. The van der Waals surface area contributed by atoms with Crippen LogP contribution in [0.2, 0.25) is 0 Å². The number of hydrogen-bond acceptors (Lipinski definition) is 3. The lowest BCUT2D eigenvalue weighted by Crippen LogP contribution is -2.40. The van der Waals surface area contributed by atoms with Gasteiger partial charge < -0.3 is 15.8 Å². The smallest absolute Gasteiger partial charge is 0.255 e. The molecule has 4 heteroatoms. The van der Waals surface area contributed by atoms with Crippen LogP contribution in [-0.2, 0) is 0 Å². The highest BCUT2D eigenvalue weighted by molar-refractivity contribution is 5.97. The molecule has 1 aliphatic rings. The second kappa shape index (κ2) is 5.29. The summed E-state index contributed by atoms with van der Waals surface area (Å²) >= 11 is 0. The third kappa shape index (κ3) is 2.58. The van der Waals surface area contributed by atoms with Crippen molar-refractivity contribution < 1.29 is 9.53 Å². The van der Waals surface area contributed by atoms with Crippen LogP contribution in [-0.4, -0.2) is 19.1 Å². The molecule has 18 heavy (non-hydrogen) atoms. The van der Waals surface area contributed by atoms with Crippen molar-refractivity contribution in [2.45, 2.75) is 32.2 Å². The van der Waals surface area contributed by atoms with Crippen LogP contribution in [0.25, 0.3) is 0 Å². The average molecular weight is 248 g/mol. The number of hydrogen-bond donors (Lipinski definition) is 2. The fraction of sp³-hybridized carbons (Fsp3) is 0.500. The van der Waals surface area contributed by atoms with E-state index in [2.05, 4.69) is 12.2 Å². The minimum Gasteiger partial charge on any atom is -0.496 e. The normalized spacial score (nSPS) is 16.8. The molecule has 1 unspecified atom stereocenters. The van der Waals surface area contributed by atoms with Crippen molar-refractivity contribution in [2.75, 3.05) is 12.8 Å². The molecular formula is C14H20N2O2. The highest BCUT2D eigenvalue weighted by Crippen LogP contribution is 2.30. The molecule has 1 amide bonds. The molecular weight excluding hydrogens is 228 g/mol. The van der Waals surface area contributed by atoms with Crippen LogP contribution < -0.4 is 15.8 Å². The topological polar surface area (TPSA) is 64.3 Å². The first kappa shape index (κ1) is 12.7. The van der Waals surface area contributed by atoms with Crippen molar-refractivity contribution in [3.05, 3.63) is 23.8 Å². The van der Waals surface area contributed by atoms with Crippen LogP contribution >= 0.6 is 0 Å². The Labute approximate surface area is 108 Å². The van der Waals surface area contributed by atoms with Crippen molar-refractivity contribution in [3.63, 3.8) is 0 Å². The number of amides is 1. The zero-order valence-corrected chi connectivity index (χ0v) is 10.9. The van der Waals surface area contributed by atoms with E-state index in [9.17, 15) is 4.79 Å². The number of methoxy groups -OCH3 is 1. The maximum atomic E-state index is 12.2. The van der Waals surface area contributed by atoms with E-state index in [0.29, 0.717) is 22.9 Å². The number of anilines is 1. The zero-order valence-electron chi connectivity index (χ0n) is 10.9. The molecule has 1 aliphatic carbocycles. The highest BCUT2D eigenvalue weighted by atomic mass is 16.5. The van der Waals surface area contributed by atoms with Gasteiger partial charge in [0.1, 0.15) is 5.75 Å². The molecule has 0 aromatic heterocycles. The number of nitrogens with two attached hydrogens (primary N) is 1. The molecule has 1 aromatic carbocycles. The first-order valence-corrected chi connectivity index (χ1v) is 6.36. The lowest BCUT2D eigenvalue weighted by molar-refractivity contribution is 0.0906. The Morgan fingerprint density at radius 2 is 2.22 bits per heavy atom. The van der Waals surface area contributed by atoms with Crippen LogP contribution in [0.1, 0.15) is 36.5 Å². The lowest BCUT2D eigenvalue weighted by atomic mass is 9.80. The molecule has 1 atom stereocenters. The Bertz CT molecular complexity index is 441. The molecule has 0 bridgehead atoms. The van der Waals surface area contributed by atoms with Gasteiger partial charge >= 0.3 is 0 Å². The van der Waals surface area contributed by atoms with E-state index in [1.54, 1.807) is 25.3 Å². The fourth-order valence-electron chi connectivity index (χ4n) is 2.24. The van der Waals surface area contributed by atoms with Gasteiger partial charge in [0.25, 0.3) is 5.91 Å². The van der Waals surface area contributed by atoms with Crippen molar-refractivity contribution in [3.8, 4) is 5.75 Å². The largest absolute Gasteiger partial charge is 0.496 e. The number of carbonyl (C=O) groups is 1. The van der Waals surface area contributed by atoms with Gasteiger partial charge in [0.05, 0.1) is 12.7 Å². The van der Waals surface area contributed by atoms with Gasteiger partial charge in [0.15, 0.2) is 0 Å². The van der Waals surface area contributed by atoms with Gasteiger partial charge in [-0.2, -0.15) is 0 Å². The van der Waals surface area contributed by atoms with Crippen LogP contribution in [0.15, 0.2) is 18.2 Å². The van der Waals surface area contributed by atoms with E-state index in [0.717, 1.165) is 0 Å². The maximum absolute atomic E-state index is 12.2. The van der Waals surface area contributed by atoms with Gasteiger partial charge in [-0.25, -0.2) is 0 Å². The standard InChI is InChI=1S/C14H20N2O2/c1-9(10-4-3-5-10)16-14(17)12-7-6-11(15)8-13(12)18-2/h6-10H,3-5,15H2,1-2H3,(H,16,17). The number of nitrogen functional groups attached to an aromatic ring is 1. The summed E-state index contributed by atoms with van der Waals surface area (Å²) in [6.07, 6.45) is 3.69. The number of ether oxygens (including phenoxy) is 1. The summed E-state index contributed by atoms with van der Waals surface area (Å²) in [5.41, 5.74) is 6.80. The summed E-state index contributed by atoms with van der Waals surface area (Å²) in [6, 6.07) is 5.30. The monoisotopic (exact) mass is 248 g/mol. The molecule has 0 spiro atoms. The third-order valence-electron chi connectivity index (χ3n) is 3.69. The molecule has 1 saturated carbocycles. The first-order chi connectivity index (χ1) is 8.61. The lowest BCUT2D eigenvalue weighted by Gasteiger charge is -2.32. The summed E-state index contributed by atoms with van der Waals surface area (Å²) in [6.45, 7) is 2.06. The van der Waals surface area contributed by atoms with E-state index in [1.807, 2.05) is 0 Å². The SMILES string of the molecule is COc1cc(N)ccc1C(=O)NC(C)C1CCC1. The summed E-state index contributed by atoms with van der Waals surface area (Å²) in [7, 11) is 1.54. The summed E-state index contributed by atoms with van der Waals surface area (Å²) in [5, 5.41) is 3.03. The second-order valence-electron chi connectivity index (χ2n) is 4.91. The van der Waals surface area contributed by atoms with E-state index in [1.165, 1.54) is 19.3 Å². The molecule has 0 saturated heterocycles. The van der Waals surface area contributed by atoms with Gasteiger partial charge in [0, 0.05) is 17.8 Å². The van der Waals surface area contributed by atoms with E-state index >= 15 is 0 Å². The number of nitrogens with one attached hydrogen (secondary N) is 1.